The predicted molar refractivity (Wildman–Crippen MR) is 84.9 cm³/mol. The van der Waals surface area contributed by atoms with Crippen LogP contribution in [0.25, 0.3) is 0 Å². The topological polar surface area (TPSA) is 75.1 Å². The Balaban J connectivity index is 2.80. The van der Waals surface area contributed by atoms with Gasteiger partial charge in [-0.2, -0.15) is 0 Å². The molecule has 0 aliphatic carbocycles. The molecule has 0 saturated heterocycles. The molecule has 1 atom stereocenters. The lowest BCUT2D eigenvalue weighted by Gasteiger charge is -2.17. The molecule has 1 unspecified atom stereocenters. The van der Waals surface area contributed by atoms with Gasteiger partial charge in [0, 0.05) is 12.5 Å². The first-order valence-electron chi connectivity index (χ1n) is 7.83. The third-order valence-electron chi connectivity index (χ3n) is 3.65. The summed E-state index contributed by atoms with van der Waals surface area (Å²) in [4.78, 5) is 19.8. The zero-order chi connectivity index (χ0) is 15.8. The highest BCUT2D eigenvalue weighted by Gasteiger charge is 2.16. The summed E-state index contributed by atoms with van der Waals surface area (Å²) in [5.41, 5.74) is 0.584. The number of hydrogen-bond acceptors (Lipinski definition) is 4. The first-order chi connectivity index (χ1) is 9.99. The summed E-state index contributed by atoms with van der Waals surface area (Å²) in [7, 11) is 0. The second-order valence-electron chi connectivity index (χ2n) is 5.75. The van der Waals surface area contributed by atoms with Crippen molar-refractivity contribution in [3.05, 3.63) is 17.7 Å². The van der Waals surface area contributed by atoms with E-state index in [0.717, 1.165) is 19.4 Å². The number of nitrogens with zero attached hydrogens (tertiary/aromatic N) is 2. The fraction of sp³-hybridized carbons (Fsp3) is 0.688. The summed E-state index contributed by atoms with van der Waals surface area (Å²) in [5.74, 6) is 0.223. The standard InChI is InChI=1S/C16H27N3O2/c1-5-7-8-12(6-2)9-17-13-10-18-15(11(3)4)19-14(13)16(20)21/h10-12,17H,5-9H2,1-4H3,(H,20,21). The Hall–Kier alpha value is -1.65. The van der Waals surface area contributed by atoms with Gasteiger partial charge in [-0.3, -0.25) is 0 Å². The molecule has 21 heavy (non-hydrogen) atoms. The van der Waals surface area contributed by atoms with Gasteiger partial charge in [-0.15, -0.1) is 0 Å². The van der Waals surface area contributed by atoms with Crippen LogP contribution in [0.5, 0.6) is 0 Å². The molecule has 0 aromatic carbocycles. The molecule has 1 aromatic heterocycles. The predicted octanol–water partition coefficient (Wildman–Crippen LogP) is 3.93. The molecule has 0 aliphatic rings. The number of carboxylic acids is 1. The minimum atomic E-state index is -1.01. The van der Waals surface area contributed by atoms with Crippen molar-refractivity contribution in [2.24, 2.45) is 5.92 Å². The number of hydrogen-bond donors (Lipinski definition) is 2. The Morgan fingerprint density at radius 3 is 2.62 bits per heavy atom. The summed E-state index contributed by atoms with van der Waals surface area (Å²) < 4.78 is 0. The highest BCUT2D eigenvalue weighted by molar-refractivity contribution is 5.91. The van der Waals surface area contributed by atoms with Gasteiger partial charge in [0.1, 0.15) is 5.82 Å². The zero-order valence-electron chi connectivity index (χ0n) is 13.5. The minimum Gasteiger partial charge on any atom is -0.476 e. The molecule has 1 aromatic rings. The maximum absolute atomic E-state index is 11.4. The number of carbonyl (C=O) groups is 1. The van der Waals surface area contributed by atoms with E-state index in [2.05, 4.69) is 29.1 Å². The normalized spacial score (nSPS) is 12.4. The van der Waals surface area contributed by atoms with Crippen LogP contribution >= 0.6 is 0 Å². The van der Waals surface area contributed by atoms with E-state index < -0.39 is 5.97 Å². The maximum Gasteiger partial charge on any atom is 0.356 e. The van der Waals surface area contributed by atoms with Crippen LogP contribution in [0.15, 0.2) is 6.20 Å². The molecule has 5 heteroatoms. The molecule has 0 spiro atoms. The summed E-state index contributed by atoms with van der Waals surface area (Å²) >= 11 is 0. The van der Waals surface area contributed by atoms with E-state index >= 15 is 0 Å². The minimum absolute atomic E-state index is 0.0686. The molecule has 0 saturated carbocycles. The quantitative estimate of drug-likeness (QED) is 0.721. The van der Waals surface area contributed by atoms with E-state index in [1.807, 2.05) is 13.8 Å². The average molecular weight is 293 g/mol. The highest BCUT2D eigenvalue weighted by Crippen LogP contribution is 2.19. The molecule has 2 N–H and O–H groups in total. The number of aromatic carboxylic acids is 1. The van der Waals surface area contributed by atoms with Crippen LogP contribution in [0.1, 0.15) is 75.6 Å². The summed E-state index contributed by atoms with van der Waals surface area (Å²) in [6.45, 7) is 9.01. The molecule has 0 radical (unpaired) electrons. The Labute approximate surface area is 127 Å². The van der Waals surface area contributed by atoms with Crippen molar-refractivity contribution in [1.29, 1.82) is 0 Å². The van der Waals surface area contributed by atoms with E-state index in [1.54, 1.807) is 6.20 Å². The fourth-order valence-corrected chi connectivity index (χ4v) is 2.16. The van der Waals surface area contributed by atoms with Crippen molar-refractivity contribution in [2.45, 2.75) is 59.3 Å². The van der Waals surface area contributed by atoms with E-state index in [1.165, 1.54) is 12.8 Å². The number of carboxylic acid groups (broad SMARTS) is 1. The summed E-state index contributed by atoms with van der Waals surface area (Å²) in [5, 5.41) is 12.5. The largest absolute Gasteiger partial charge is 0.476 e. The second-order valence-corrected chi connectivity index (χ2v) is 5.75. The van der Waals surface area contributed by atoms with Crippen molar-refractivity contribution in [2.75, 3.05) is 11.9 Å². The second kappa shape index (κ2) is 8.60. The van der Waals surface area contributed by atoms with E-state index in [0.29, 0.717) is 17.4 Å². The fourth-order valence-electron chi connectivity index (χ4n) is 2.16. The van der Waals surface area contributed by atoms with Crippen molar-refractivity contribution >= 4 is 11.7 Å². The van der Waals surface area contributed by atoms with Crippen LogP contribution in [0.3, 0.4) is 0 Å². The van der Waals surface area contributed by atoms with Crippen LogP contribution in [-0.4, -0.2) is 27.6 Å². The Morgan fingerprint density at radius 1 is 1.38 bits per heavy atom. The van der Waals surface area contributed by atoms with Gasteiger partial charge >= 0.3 is 5.97 Å². The van der Waals surface area contributed by atoms with E-state index in [4.69, 9.17) is 0 Å². The maximum atomic E-state index is 11.4. The molecule has 0 amide bonds. The molecule has 0 aliphatic heterocycles. The Kier molecular flexibility index (Phi) is 7.12. The van der Waals surface area contributed by atoms with Gasteiger partial charge < -0.3 is 10.4 Å². The van der Waals surface area contributed by atoms with E-state index in [-0.39, 0.29) is 11.6 Å². The first kappa shape index (κ1) is 17.4. The lowest BCUT2D eigenvalue weighted by atomic mass is 9.99. The Morgan fingerprint density at radius 2 is 2.10 bits per heavy atom. The van der Waals surface area contributed by atoms with Gasteiger partial charge in [0.05, 0.1) is 11.9 Å². The molecule has 1 rings (SSSR count). The molecule has 5 nitrogen and oxygen atoms in total. The van der Waals surface area contributed by atoms with Crippen molar-refractivity contribution in [3.63, 3.8) is 0 Å². The van der Waals surface area contributed by atoms with Gasteiger partial charge in [-0.05, 0) is 12.3 Å². The van der Waals surface area contributed by atoms with E-state index in [9.17, 15) is 9.90 Å². The van der Waals surface area contributed by atoms with Crippen LogP contribution in [0, 0.1) is 5.92 Å². The zero-order valence-corrected chi connectivity index (χ0v) is 13.5. The molecular weight excluding hydrogens is 266 g/mol. The van der Waals surface area contributed by atoms with Crippen LogP contribution < -0.4 is 5.32 Å². The van der Waals surface area contributed by atoms with Gasteiger partial charge in [-0.25, -0.2) is 14.8 Å². The van der Waals surface area contributed by atoms with Gasteiger partial charge in [0.2, 0.25) is 0 Å². The lowest BCUT2D eigenvalue weighted by Crippen LogP contribution is -2.17. The smallest absolute Gasteiger partial charge is 0.356 e. The molecule has 1 heterocycles. The third kappa shape index (κ3) is 5.33. The van der Waals surface area contributed by atoms with Gasteiger partial charge in [-0.1, -0.05) is 47.0 Å². The molecule has 118 valence electrons. The number of aromatic nitrogens is 2. The molecular formula is C16H27N3O2. The monoisotopic (exact) mass is 293 g/mol. The number of nitrogens with one attached hydrogen (secondary N) is 1. The average Bonchev–Trinajstić information content (AvgIpc) is 2.47. The molecule has 0 bridgehead atoms. The molecule has 0 fully saturated rings. The van der Waals surface area contributed by atoms with Crippen molar-refractivity contribution in [1.82, 2.24) is 9.97 Å². The van der Waals surface area contributed by atoms with Gasteiger partial charge in [0.25, 0.3) is 0 Å². The van der Waals surface area contributed by atoms with Gasteiger partial charge in [0.15, 0.2) is 5.69 Å². The Bertz CT molecular complexity index is 461. The first-order valence-corrected chi connectivity index (χ1v) is 7.83. The summed E-state index contributed by atoms with van der Waals surface area (Å²) in [6, 6.07) is 0. The van der Waals surface area contributed by atoms with Crippen LogP contribution in [0.4, 0.5) is 5.69 Å². The van der Waals surface area contributed by atoms with Crippen molar-refractivity contribution < 1.29 is 9.90 Å². The lowest BCUT2D eigenvalue weighted by molar-refractivity contribution is 0.0691. The SMILES string of the molecule is CCCCC(CC)CNc1cnc(C(C)C)nc1C(=O)O. The van der Waals surface area contributed by atoms with Crippen LogP contribution in [-0.2, 0) is 0 Å². The number of anilines is 1. The van der Waals surface area contributed by atoms with Crippen LogP contribution in [0.2, 0.25) is 0 Å². The highest BCUT2D eigenvalue weighted by atomic mass is 16.4. The van der Waals surface area contributed by atoms with Crippen molar-refractivity contribution in [3.8, 4) is 0 Å². The number of unbranched alkanes of at least 4 members (excludes halogenated alkanes) is 1. The third-order valence-corrected chi connectivity index (χ3v) is 3.65. The number of rotatable bonds is 9. The summed E-state index contributed by atoms with van der Waals surface area (Å²) in [6.07, 6.45) is 6.23.